The molecule has 2 aromatic rings. The van der Waals surface area contributed by atoms with Gasteiger partial charge in [-0.25, -0.2) is 0 Å². The lowest BCUT2D eigenvalue weighted by Gasteiger charge is -2.19. The highest BCUT2D eigenvalue weighted by molar-refractivity contribution is 6.19. The zero-order valence-corrected chi connectivity index (χ0v) is 12.8. The number of rotatable bonds is 0. The molecule has 2 aliphatic rings. The van der Waals surface area contributed by atoms with Gasteiger partial charge in [0.2, 0.25) is 0 Å². The first-order valence-corrected chi connectivity index (χ1v) is 8.04. The third kappa shape index (κ3) is 1.68. The predicted molar refractivity (Wildman–Crippen MR) is 86.4 cm³/mol. The van der Waals surface area contributed by atoms with E-state index in [-0.39, 0.29) is 5.92 Å². The van der Waals surface area contributed by atoms with Crippen molar-refractivity contribution >= 4 is 22.3 Å². The van der Waals surface area contributed by atoms with Gasteiger partial charge in [0, 0.05) is 29.4 Å². The van der Waals surface area contributed by atoms with Crippen LogP contribution in [0, 0.1) is 5.92 Å². The number of hydrogen-bond donors (Lipinski definition) is 0. The smallest absolute Gasteiger partial charge is 0.187 e. The fourth-order valence-electron chi connectivity index (χ4n) is 4.24. The second kappa shape index (κ2) is 4.59. The Morgan fingerprint density at radius 2 is 1.81 bits per heavy atom. The molecule has 0 bridgehead atoms. The number of carbonyl (C=O) groups is 1. The summed E-state index contributed by atoms with van der Waals surface area (Å²) in [4.78, 5) is 12.8. The van der Waals surface area contributed by atoms with Crippen LogP contribution in [0.25, 0.3) is 16.5 Å². The van der Waals surface area contributed by atoms with E-state index in [9.17, 15) is 4.79 Å². The highest BCUT2D eigenvalue weighted by atomic mass is 16.1. The van der Waals surface area contributed by atoms with Crippen molar-refractivity contribution < 1.29 is 4.79 Å². The minimum atomic E-state index is 0.0407. The van der Waals surface area contributed by atoms with E-state index in [1.165, 1.54) is 59.7 Å². The highest BCUT2D eigenvalue weighted by Gasteiger charge is 2.38. The predicted octanol–water partition coefficient (Wildman–Crippen LogP) is 4.73. The van der Waals surface area contributed by atoms with Gasteiger partial charge in [0.1, 0.15) is 0 Å². The molecule has 0 radical (unpaired) electrons. The quantitative estimate of drug-likeness (QED) is 0.683. The van der Waals surface area contributed by atoms with Crippen LogP contribution in [0.5, 0.6) is 0 Å². The molecule has 2 aliphatic carbocycles. The van der Waals surface area contributed by atoms with Crippen molar-refractivity contribution in [2.45, 2.75) is 39.0 Å². The summed E-state index contributed by atoms with van der Waals surface area (Å²) < 4.78 is 2.10. The molecule has 1 saturated carbocycles. The molecule has 4 rings (SSSR count). The number of benzene rings is 1. The molecule has 2 heteroatoms. The second-order valence-corrected chi connectivity index (χ2v) is 6.46. The van der Waals surface area contributed by atoms with E-state index < -0.39 is 0 Å². The molecule has 1 aromatic carbocycles. The lowest BCUT2D eigenvalue weighted by molar-refractivity contribution is 0.0958. The summed E-state index contributed by atoms with van der Waals surface area (Å²) in [5, 5.41) is 1.25. The molecule has 2 nitrogen and oxygen atoms in total. The van der Waals surface area contributed by atoms with Crippen LogP contribution < -0.4 is 0 Å². The van der Waals surface area contributed by atoms with E-state index in [0.29, 0.717) is 5.78 Å². The third-order valence-electron chi connectivity index (χ3n) is 5.27. The molecule has 1 atom stereocenters. The minimum Gasteiger partial charge on any atom is -0.341 e. The first-order chi connectivity index (χ1) is 10.2. The van der Waals surface area contributed by atoms with Crippen LogP contribution >= 0.6 is 0 Å². The molecule has 0 spiro atoms. The van der Waals surface area contributed by atoms with Crippen molar-refractivity contribution in [1.82, 2.24) is 4.57 Å². The van der Waals surface area contributed by atoms with Crippen LogP contribution in [0.3, 0.4) is 0 Å². The Bertz CT molecular complexity index is 770. The van der Waals surface area contributed by atoms with Gasteiger partial charge in [0.25, 0.3) is 0 Å². The Hall–Kier alpha value is -1.83. The monoisotopic (exact) mass is 279 g/mol. The summed E-state index contributed by atoms with van der Waals surface area (Å²) in [7, 11) is 2.03. The van der Waals surface area contributed by atoms with Gasteiger partial charge in [-0.3, -0.25) is 4.79 Å². The first-order valence-electron chi connectivity index (χ1n) is 8.04. The summed E-state index contributed by atoms with van der Waals surface area (Å²) in [6.07, 6.45) is 6.24. The SMILES string of the molecule is CC1C(=O)c2c(c3ccccc3n2C)C1=C1CCCCC1. The Morgan fingerprint density at radius 3 is 2.57 bits per heavy atom. The van der Waals surface area contributed by atoms with Crippen molar-refractivity contribution in [1.29, 1.82) is 0 Å². The summed E-state index contributed by atoms with van der Waals surface area (Å²) in [5.74, 6) is 0.343. The van der Waals surface area contributed by atoms with Crippen LogP contribution in [-0.2, 0) is 7.05 Å². The van der Waals surface area contributed by atoms with Crippen molar-refractivity contribution in [2.24, 2.45) is 13.0 Å². The topological polar surface area (TPSA) is 22.0 Å². The average Bonchev–Trinajstić information content (AvgIpc) is 2.95. The van der Waals surface area contributed by atoms with Gasteiger partial charge in [-0.2, -0.15) is 0 Å². The number of Topliss-reactive ketones (excluding diaryl/α,β-unsaturated/α-hetero) is 1. The van der Waals surface area contributed by atoms with Crippen LogP contribution in [0.1, 0.15) is 55.1 Å². The summed E-state index contributed by atoms with van der Waals surface area (Å²) >= 11 is 0. The maximum absolute atomic E-state index is 12.8. The highest BCUT2D eigenvalue weighted by Crippen LogP contribution is 2.46. The fraction of sp³-hybridized carbons (Fsp3) is 0.421. The Balaban J connectivity index is 2.06. The van der Waals surface area contributed by atoms with E-state index in [0.717, 1.165) is 5.69 Å². The van der Waals surface area contributed by atoms with E-state index in [1.54, 1.807) is 0 Å². The summed E-state index contributed by atoms with van der Waals surface area (Å²) in [6, 6.07) is 8.43. The van der Waals surface area contributed by atoms with Crippen LogP contribution in [0.15, 0.2) is 29.8 Å². The van der Waals surface area contributed by atoms with Gasteiger partial charge in [-0.15, -0.1) is 0 Å². The lowest BCUT2D eigenvalue weighted by atomic mass is 9.85. The van der Waals surface area contributed by atoms with Gasteiger partial charge >= 0.3 is 0 Å². The van der Waals surface area contributed by atoms with E-state index in [4.69, 9.17) is 0 Å². The minimum absolute atomic E-state index is 0.0407. The number of allylic oxidation sites excluding steroid dienone is 2. The van der Waals surface area contributed by atoms with Crippen LogP contribution in [0.2, 0.25) is 0 Å². The molecular formula is C19H21NO. The zero-order valence-electron chi connectivity index (χ0n) is 12.8. The van der Waals surface area contributed by atoms with Gasteiger partial charge in [0.05, 0.1) is 5.69 Å². The van der Waals surface area contributed by atoms with Gasteiger partial charge < -0.3 is 4.57 Å². The maximum Gasteiger partial charge on any atom is 0.187 e. The summed E-state index contributed by atoms with van der Waals surface area (Å²) in [5.41, 5.74) is 6.24. The number of hydrogen-bond acceptors (Lipinski definition) is 1. The van der Waals surface area contributed by atoms with Crippen molar-refractivity contribution in [3.8, 4) is 0 Å². The van der Waals surface area contributed by atoms with Crippen molar-refractivity contribution in [3.05, 3.63) is 41.1 Å². The largest absolute Gasteiger partial charge is 0.341 e. The molecular weight excluding hydrogens is 258 g/mol. The first kappa shape index (κ1) is 12.9. The van der Waals surface area contributed by atoms with Crippen molar-refractivity contribution in [3.63, 3.8) is 0 Å². The fourth-order valence-corrected chi connectivity index (χ4v) is 4.24. The normalized spacial score (nSPS) is 22.2. The number of para-hydroxylation sites is 1. The molecule has 0 aliphatic heterocycles. The van der Waals surface area contributed by atoms with E-state index in [2.05, 4.69) is 35.8 Å². The number of fused-ring (bicyclic) bond motifs is 3. The molecule has 108 valence electrons. The third-order valence-corrected chi connectivity index (χ3v) is 5.27. The average molecular weight is 279 g/mol. The van der Waals surface area contributed by atoms with Gasteiger partial charge in [0.15, 0.2) is 5.78 Å². The summed E-state index contributed by atoms with van der Waals surface area (Å²) in [6.45, 7) is 2.09. The standard InChI is InChI=1S/C19H21NO/c1-12-16(13-8-4-3-5-9-13)17-14-10-6-7-11-15(14)20(2)18(17)19(12)21/h6-7,10-12H,3-5,8-9H2,1-2H3. The number of aromatic nitrogens is 1. The number of aryl methyl sites for hydroxylation is 1. The number of nitrogens with zero attached hydrogens (tertiary/aromatic N) is 1. The maximum atomic E-state index is 12.8. The molecule has 1 unspecified atom stereocenters. The van der Waals surface area contributed by atoms with Gasteiger partial charge in [-0.1, -0.05) is 37.1 Å². The van der Waals surface area contributed by atoms with Gasteiger partial charge in [-0.05, 0) is 37.3 Å². The molecule has 0 saturated heterocycles. The molecule has 21 heavy (non-hydrogen) atoms. The molecule has 1 fully saturated rings. The lowest BCUT2D eigenvalue weighted by Crippen LogP contribution is -2.10. The number of ketones is 1. The van der Waals surface area contributed by atoms with E-state index >= 15 is 0 Å². The Kier molecular flexibility index (Phi) is 2.81. The molecule has 0 amide bonds. The number of carbonyl (C=O) groups excluding carboxylic acids is 1. The Labute approximate surface area is 125 Å². The molecule has 1 heterocycles. The Morgan fingerprint density at radius 1 is 1.10 bits per heavy atom. The van der Waals surface area contributed by atoms with Crippen LogP contribution in [-0.4, -0.2) is 10.4 Å². The second-order valence-electron chi connectivity index (χ2n) is 6.46. The zero-order chi connectivity index (χ0) is 14.6. The molecule has 1 aromatic heterocycles. The van der Waals surface area contributed by atoms with Crippen LogP contribution in [0.4, 0.5) is 0 Å². The molecule has 0 N–H and O–H groups in total. The van der Waals surface area contributed by atoms with E-state index in [1.807, 2.05) is 7.05 Å². The van der Waals surface area contributed by atoms with Crippen molar-refractivity contribution in [2.75, 3.05) is 0 Å².